The number of anilines is 4. The standard InChI is InChI=1S/C22H25IN4OS.C15H19N3O2S.C7H8IN/c1-15-10-20(21(28)24-17-6-7-19(23)16(2)11-17)27(12-15)13-18-14-29-22(25-18)26-8-4-3-5-9-26;1-11-7-13(14(19)20)18(8-11)9-12-10-21-15(16-12)17-5-3-2-4-6-17;1-5-4-6(9)2-3-7(5)8/h6-7,10-12,14H,3-5,8-9,13H2,1-2H3,(H,24,28);7-8,10H,2-6,9H2,1H3,(H,19,20);2-4H,9H2,1H3. The highest BCUT2D eigenvalue weighted by atomic mass is 127. The van der Waals surface area contributed by atoms with E-state index in [9.17, 15) is 14.7 Å². The van der Waals surface area contributed by atoms with Crippen molar-refractivity contribution in [1.82, 2.24) is 19.1 Å². The molecule has 0 atom stereocenters. The van der Waals surface area contributed by atoms with E-state index in [0.29, 0.717) is 24.5 Å². The Kier molecular flexibility index (Phi) is 15.9. The number of thiazole rings is 2. The number of carboxylic acids is 1. The van der Waals surface area contributed by atoms with Crippen molar-refractivity contribution in [3.8, 4) is 0 Å². The largest absolute Gasteiger partial charge is 0.477 e. The van der Waals surface area contributed by atoms with Gasteiger partial charge < -0.3 is 35.1 Å². The fourth-order valence-electron chi connectivity index (χ4n) is 7.08. The van der Waals surface area contributed by atoms with Gasteiger partial charge >= 0.3 is 5.97 Å². The number of nitrogens with one attached hydrogen (secondary N) is 1. The Morgan fingerprint density at radius 3 is 1.64 bits per heavy atom. The maximum Gasteiger partial charge on any atom is 0.352 e. The van der Waals surface area contributed by atoms with E-state index < -0.39 is 5.97 Å². The van der Waals surface area contributed by atoms with E-state index >= 15 is 0 Å². The van der Waals surface area contributed by atoms with Gasteiger partial charge in [0.2, 0.25) is 0 Å². The zero-order valence-corrected chi connectivity index (χ0v) is 40.0. The molecule has 4 aromatic heterocycles. The zero-order valence-electron chi connectivity index (χ0n) is 34.0. The number of carbonyl (C=O) groups excluding carboxylic acids is 1. The second kappa shape index (κ2) is 21.0. The van der Waals surface area contributed by atoms with Gasteiger partial charge in [-0.05, 0) is 182 Å². The number of hydrogen-bond acceptors (Lipinski definition) is 9. The number of nitrogens with two attached hydrogens (primary N) is 1. The second-order valence-electron chi connectivity index (χ2n) is 15.1. The van der Waals surface area contributed by atoms with E-state index in [0.717, 1.165) is 75.9 Å². The summed E-state index contributed by atoms with van der Waals surface area (Å²) in [5, 5.41) is 18.6. The molecule has 2 aliphatic heterocycles. The van der Waals surface area contributed by atoms with Crippen molar-refractivity contribution in [2.45, 2.75) is 79.3 Å². The van der Waals surface area contributed by atoms with Crippen LogP contribution in [0.25, 0.3) is 0 Å². The van der Waals surface area contributed by atoms with Crippen molar-refractivity contribution in [3.05, 3.63) is 124 Å². The molecule has 2 aromatic carbocycles. The summed E-state index contributed by atoms with van der Waals surface area (Å²) in [6.07, 6.45) is 11.5. The first kappa shape index (κ1) is 44.6. The highest BCUT2D eigenvalue weighted by Gasteiger charge is 2.19. The minimum absolute atomic E-state index is 0.0924. The van der Waals surface area contributed by atoms with Gasteiger partial charge in [0.15, 0.2) is 10.3 Å². The number of carboxylic acid groups (broad SMARTS) is 1. The molecule has 4 N–H and O–H groups in total. The molecule has 0 aliphatic carbocycles. The summed E-state index contributed by atoms with van der Waals surface area (Å²) in [6, 6.07) is 15.5. The van der Waals surface area contributed by atoms with Gasteiger partial charge in [0.1, 0.15) is 11.4 Å². The predicted octanol–water partition coefficient (Wildman–Crippen LogP) is 10.6. The van der Waals surface area contributed by atoms with Crippen LogP contribution in [0.5, 0.6) is 0 Å². The summed E-state index contributed by atoms with van der Waals surface area (Å²) < 4.78 is 6.21. The van der Waals surface area contributed by atoms with E-state index in [2.05, 4.69) is 77.6 Å². The maximum atomic E-state index is 12.9. The van der Waals surface area contributed by atoms with Gasteiger partial charge in [-0.2, -0.15) is 0 Å². The molecule has 6 heterocycles. The summed E-state index contributed by atoms with van der Waals surface area (Å²) in [5.41, 5.74) is 14.5. The Labute approximate surface area is 382 Å². The SMILES string of the molecule is Cc1cc(C(=O)Nc2ccc(I)c(C)c2)n(Cc2csc(N3CCCCC3)n2)c1.Cc1cc(C(=O)O)n(Cc2csc(N3CCCCC3)n2)c1.Cc1cc(N)ccc1I. The maximum absolute atomic E-state index is 12.9. The average molecular weight is 1060 g/mol. The van der Waals surface area contributed by atoms with Crippen LogP contribution >= 0.6 is 67.9 Å². The summed E-state index contributed by atoms with van der Waals surface area (Å²) in [7, 11) is 0. The van der Waals surface area contributed by atoms with E-state index in [-0.39, 0.29) is 5.91 Å². The van der Waals surface area contributed by atoms with Crippen LogP contribution in [0.3, 0.4) is 0 Å². The van der Waals surface area contributed by atoms with Gasteiger partial charge in [-0.25, -0.2) is 14.8 Å². The molecule has 59 heavy (non-hydrogen) atoms. The van der Waals surface area contributed by atoms with Gasteiger partial charge in [0.25, 0.3) is 5.91 Å². The third-order valence-corrected chi connectivity index (χ3v) is 14.4. The zero-order chi connectivity index (χ0) is 42.1. The number of hydrogen-bond donors (Lipinski definition) is 3. The first-order valence-electron chi connectivity index (χ1n) is 19.9. The van der Waals surface area contributed by atoms with Crippen LogP contribution in [0.4, 0.5) is 21.6 Å². The minimum Gasteiger partial charge on any atom is -0.477 e. The number of nitrogen functional groups attached to an aromatic ring is 1. The van der Waals surface area contributed by atoms with Gasteiger partial charge in [0.05, 0.1) is 24.5 Å². The fraction of sp³-hybridized carbons (Fsp3) is 0.364. The first-order valence-corrected chi connectivity index (χ1v) is 23.8. The highest BCUT2D eigenvalue weighted by molar-refractivity contribution is 14.1. The lowest BCUT2D eigenvalue weighted by molar-refractivity contribution is 0.0685. The molecule has 2 saturated heterocycles. The van der Waals surface area contributed by atoms with Crippen LogP contribution in [0.2, 0.25) is 0 Å². The number of benzene rings is 2. The average Bonchev–Trinajstić information content (AvgIpc) is 4.04. The molecular formula is C44H52I2N8O3S2. The number of nitrogens with zero attached hydrogens (tertiary/aromatic N) is 6. The molecule has 15 heteroatoms. The van der Waals surface area contributed by atoms with Gasteiger partial charge in [-0.3, -0.25) is 4.79 Å². The number of aromatic carboxylic acids is 1. The molecule has 2 aliphatic rings. The lowest BCUT2D eigenvalue weighted by atomic mass is 10.1. The van der Waals surface area contributed by atoms with Crippen molar-refractivity contribution >= 4 is 101 Å². The molecule has 2 fully saturated rings. The number of aryl methyl sites for hydroxylation is 4. The Hall–Kier alpha value is -3.94. The van der Waals surface area contributed by atoms with Crippen LogP contribution in [0.15, 0.2) is 71.7 Å². The Bertz CT molecular complexity index is 2350. The van der Waals surface area contributed by atoms with Crippen LogP contribution < -0.4 is 20.9 Å². The lowest BCUT2D eigenvalue weighted by Crippen LogP contribution is -2.29. The Morgan fingerprint density at radius 1 is 0.695 bits per heavy atom. The van der Waals surface area contributed by atoms with Crippen molar-refractivity contribution < 1.29 is 14.7 Å². The van der Waals surface area contributed by atoms with Gasteiger partial charge in [-0.1, -0.05) is 0 Å². The molecular weight excluding hydrogens is 1010 g/mol. The molecule has 8 rings (SSSR count). The quantitative estimate of drug-likeness (QED) is 0.0963. The highest BCUT2D eigenvalue weighted by Crippen LogP contribution is 2.27. The van der Waals surface area contributed by atoms with E-state index in [1.54, 1.807) is 33.3 Å². The van der Waals surface area contributed by atoms with Crippen molar-refractivity contribution in [2.75, 3.05) is 47.0 Å². The smallest absolute Gasteiger partial charge is 0.352 e. The van der Waals surface area contributed by atoms with Crippen molar-refractivity contribution in [3.63, 3.8) is 0 Å². The molecule has 0 spiro atoms. The van der Waals surface area contributed by atoms with Gasteiger partial charge in [0, 0.05) is 67.8 Å². The minimum atomic E-state index is -0.894. The lowest BCUT2D eigenvalue weighted by Gasteiger charge is -2.25. The van der Waals surface area contributed by atoms with Gasteiger partial charge in [-0.15, -0.1) is 22.7 Å². The Morgan fingerprint density at radius 2 is 1.17 bits per heavy atom. The predicted molar refractivity (Wildman–Crippen MR) is 260 cm³/mol. The number of amides is 1. The summed E-state index contributed by atoms with van der Waals surface area (Å²) >= 11 is 7.94. The normalized spacial score (nSPS) is 13.9. The van der Waals surface area contributed by atoms with E-state index in [4.69, 9.17) is 10.7 Å². The molecule has 6 aromatic rings. The topological polar surface area (TPSA) is 135 Å². The fourth-order valence-corrected chi connectivity index (χ4v) is 9.49. The molecule has 0 unspecified atom stereocenters. The number of piperidine rings is 2. The summed E-state index contributed by atoms with van der Waals surface area (Å²) in [5.74, 6) is -0.986. The first-order chi connectivity index (χ1) is 28.3. The molecule has 312 valence electrons. The Balaban J connectivity index is 0.000000169. The van der Waals surface area contributed by atoms with Crippen molar-refractivity contribution in [2.24, 2.45) is 0 Å². The van der Waals surface area contributed by atoms with Crippen LogP contribution in [0.1, 0.15) is 93.1 Å². The number of halogens is 2. The second-order valence-corrected chi connectivity index (χ2v) is 19.1. The third-order valence-electron chi connectivity index (χ3n) is 10.1. The van der Waals surface area contributed by atoms with Crippen LogP contribution in [-0.4, -0.2) is 62.3 Å². The molecule has 0 radical (unpaired) electrons. The number of rotatable bonds is 9. The van der Waals surface area contributed by atoms with Crippen LogP contribution in [-0.2, 0) is 13.1 Å². The molecule has 11 nitrogen and oxygen atoms in total. The van der Waals surface area contributed by atoms with Crippen LogP contribution in [0, 0.1) is 34.8 Å². The number of aromatic nitrogens is 4. The van der Waals surface area contributed by atoms with Crippen molar-refractivity contribution in [1.29, 1.82) is 0 Å². The summed E-state index contributed by atoms with van der Waals surface area (Å²) in [6.45, 7) is 13.5. The molecule has 1 amide bonds. The molecule has 0 bridgehead atoms. The third kappa shape index (κ3) is 12.5. The number of carbonyl (C=O) groups is 2. The van der Waals surface area contributed by atoms with E-state index in [1.807, 2.05) is 85.6 Å². The summed E-state index contributed by atoms with van der Waals surface area (Å²) in [4.78, 5) is 38.4. The molecule has 0 saturated carbocycles. The monoisotopic (exact) mass is 1060 g/mol. The van der Waals surface area contributed by atoms with E-state index in [1.165, 1.54) is 51.2 Å².